The van der Waals surface area contributed by atoms with Gasteiger partial charge >= 0.3 is 0 Å². The third-order valence-corrected chi connectivity index (χ3v) is 3.47. The molecule has 0 spiro atoms. The Labute approximate surface area is 107 Å². The van der Waals surface area contributed by atoms with Gasteiger partial charge < -0.3 is 10.9 Å². The minimum Gasteiger partial charge on any atom is -0.409 e. The number of nitrogens with two attached hydrogens (primary N) is 1. The number of aryl methyl sites for hydroxylation is 2. The van der Waals surface area contributed by atoms with Crippen LogP contribution in [0.25, 0.3) is 0 Å². The van der Waals surface area contributed by atoms with E-state index in [1.54, 1.807) is 0 Å². The van der Waals surface area contributed by atoms with Gasteiger partial charge in [-0.2, -0.15) is 5.10 Å². The average Bonchev–Trinajstić information content (AvgIpc) is 2.95. The molecule has 0 saturated carbocycles. The van der Waals surface area contributed by atoms with E-state index < -0.39 is 0 Å². The molecule has 0 aromatic carbocycles. The maximum atomic E-state index is 8.80. The fraction of sp³-hybridized carbons (Fsp3) is 0.667. The average molecular weight is 251 g/mol. The van der Waals surface area contributed by atoms with Crippen LogP contribution in [0.1, 0.15) is 31.2 Å². The first-order valence-corrected chi connectivity index (χ1v) is 6.40. The molecule has 3 N–H and O–H groups in total. The van der Waals surface area contributed by atoms with Crippen LogP contribution in [0.5, 0.6) is 0 Å². The number of hydrogen-bond donors (Lipinski definition) is 2. The van der Waals surface area contributed by atoms with Crippen LogP contribution in [0.4, 0.5) is 0 Å². The fourth-order valence-corrected chi connectivity index (χ4v) is 2.63. The van der Waals surface area contributed by atoms with E-state index in [0.29, 0.717) is 5.84 Å². The first-order chi connectivity index (χ1) is 8.65. The van der Waals surface area contributed by atoms with Crippen molar-refractivity contribution < 1.29 is 5.21 Å². The molecular weight excluding hydrogens is 230 g/mol. The smallest absolute Gasteiger partial charge is 0.156 e. The van der Waals surface area contributed by atoms with Gasteiger partial charge in [0.25, 0.3) is 0 Å². The highest BCUT2D eigenvalue weighted by Gasteiger charge is 2.28. The summed E-state index contributed by atoms with van der Waals surface area (Å²) in [6.45, 7) is 6.73. The Bertz CT molecular complexity index is 440. The van der Waals surface area contributed by atoms with Gasteiger partial charge in [-0.3, -0.25) is 9.58 Å². The van der Waals surface area contributed by atoms with E-state index in [0.717, 1.165) is 38.2 Å². The van der Waals surface area contributed by atoms with Gasteiger partial charge in [0.2, 0.25) is 0 Å². The lowest BCUT2D eigenvalue weighted by Crippen LogP contribution is -2.40. The fourth-order valence-electron chi connectivity index (χ4n) is 2.63. The third-order valence-electron chi connectivity index (χ3n) is 3.47. The van der Waals surface area contributed by atoms with E-state index in [-0.39, 0.29) is 6.04 Å². The van der Waals surface area contributed by atoms with Crippen molar-refractivity contribution in [1.29, 1.82) is 0 Å². The number of hydrogen-bond acceptors (Lipinski definition) is 4. The normalized spacial score (nSPS) is 21.7. The Kier molecular flexibility index (Phi) is 3.86. The summed E-state index contributed by atoms with van der Waals surface area (Å²) < 4.78 is 2.01. The topological polar surface area (TPSA) is 79.7 Å². The van der Waals surface area contributed by atoms with E-state index in [9.17, 15) is 0 Å². The van der Waals surface area contributed by atoms with Crippen LogP contribution in [0.2, 0.25) is 0 Å². The largest absolute Gasteiger partial charge is 0.409 e. The van der Waals surface area contributed by atoms with Crippen LogP contribution in [-0.2, 0) is 13.1 Å². The Hall–Kier alpha value is -1.56. The molecule has 1 atom stereocenters. The zero-order valence-corrected chi connectivity index (χ0v) is 11.0. The monoisotopic (exact) mass is 251 g/mol. The second-order valence-electron chi connectivity index (χ2n) is 4.75. The molecule has 100 valence electrons. The zero-order chi connectivity index (χ0) is 13.1. The molecule has 2 heterocycles. The maximum Gasteiger partial charge on any atom is 0.156 e. The van der Waals surface area contributed by atoms with Crippen LogP contribution >= 0.6 is 0 Å². The minimum atomic E-state index is 0.0514. The highest BCUT2D eigenvalue weighted by atomic mass is 16.4. The Morgan fingerprint density at radius 3 is 3.11 bits per heavy atom. The summed E-state index contributed by atoms with van der Waals surface area (Å²) in [7, 11) is 0. The van der Waals surface area contributed by atoms with Crippen LogP contribution in [0.3, 0.4) is 0 Å². The van der Waals surface area contributed by atoms with Crippen LogP contribution < -0.4 is 5.73 Å². The van der Waals surface area contributed by atoms with Crippen molar-refractivity contribution in [2.75, 3.05) is 6.54 Å². The molecule has 0 aliphatic carbocycles. The van der Waals surface area contributed by atoms with Gasteiger partial charge in [-0.25, -0.2) is 0 Å². The SMILES string of the molecule is CCn1nc(C)cc1CN1CCCC1C(N)=NO. The van der Waals surface area contributed by atoms with Crippen molar-refractivity contribution in [3.63, 3.8) is 0 Å². The van der Waals surface area contributed by atoms with E-state index in [1.807, 2.05) is 11.6 Å². The second-order valence-corrected chi connectivity index (χ2v) is 4.75. The molecule has 0 radical (unpaired) electrons. The maximum absolute atomic E-state index is 8.80. The van der Waals surface area contributed by atoms with Gasteiger partial charge in [-0.05, 0) is 39.3 Å². The third kappa shape index (κ3) is 2.48. The first kappa shape index (κ1) is 12.9. The summed E-state index contributed by atoms with van der Waals surface area (Å²) in [4.78, 5) is 2.25. The summed E-state index contributed by atoms with van der Waals surface area (Å²) in [6.07, 6.45) is 2.04. The van der Waals surface area contributed by atoms with E-state index in [4.69, 9.17) is 10.9 Å². The predicted octanol–water partition coefficient (Wildman–Crippen LogP) is 0.922. The molecule has 1 saturated heterocycles. The molecule has 1 aliphatic rings. The van der Waals surface area contributed by atoms with Gasteiger partial charge in [-0.1, -0.05) is 5.16 Å². The molecule has 6 heteroatoms. The molecule has 18 heavy (non-hydrogen) atoms. The highest BCUT2D eigenvalue weighted by molar-refractivity contribution is 5.85. The molecule has 0 bridgehead atoms. The van der Waals surface area contributed by atoms with Crippen LogP contribution in [0, 0.1) is 6.92 Å². The zero-order valence-electron chi connectivity index (χ0n) is 11.0. The molecule has 0 amide bonds. The summed E-state index contributed by atoms with van der Waals surface area (Å²) in [5.74, 6) is 0.312. The van der Waals surface area contributed by atoms with Crippen molar-refractivity contribution >= 4 is 5.84 Å². The summed E-state index contributed by atoms with van der Waals surface area (Å²) in [5, 5.41) is 16.4. The molecule has 1 aromatic heterocycles. The second kappa shape index (κ2) is 5.39. The lowest BCUT2D eigenvalue weighted by Gasteiger charge is -2.23. The van der Waals surface area contributed by atoms with E-state index in [2.05, 4.69) is 28.1 Å². The van der Waals surface area contributed by atoms with Crippen LogP contribution in [0.15, 0.2) is 11.2 Å². The summed E-state index contributed by atoms with van der Waals surface area (Å²) in [5.41, 5.74) is 7.96. The predicted molar refractivity (Wildman–Crippen MR) is 69.5 cm³/mol. The number of aromatic nitrogens is 2. The lowest BCUT2D eigenvalue weighted by atomic mass is 10.2. The summed E-state index contributed by atoms with van der Waals surface area (Å²) in [6, 6.07) is 2.15. The van der Waals surface area contributed by atoms with Crippen molar-refractivity contribution in [3.8, 4) is 0 Å². The molecule has 1 fully saturated rings. The van der Waals surface area contributed by atoms with Crippen molar-refractivity contribution in [3.05, 3.63) is 17.5 Å². The number of amidine groups is 1. The molecule has 1 aromatic rings. The van der Waals surface area contributed by atoms with Crippen LogP contribution in [-0.4, -0.2) is 38.3 Å². The quantitative estimate of drug-likeness (QED) is 0.361. The highest BCUT2D eigenvalue weighted by Crippen LogP contribution is 2.20. The van der Waals surface area contributed by atoms with E-state index >= 15 is 0 Å². The van der Waals surface area contributed by atoms with Gasteiger partial charge in [0.15, 0.2) is 5.84 Å². The van der Waals surface area contributed by atoms with Gasteiger partial charge in [0, 0.05) is 13.1 Å². The number of nitrogens with zero attached hydrogens (tertiary/aromatic N) is 4. The van der Waals surface area contributed by atoms with E-state index in [1.165, 1.54) is 5.69 Å². The Balaban J connectivity index is 2.12. The molecular formula is C12H21N5O. The number of likely N-dealkylation sites (tertiary alicyclic amines) is 1. The lowest BCUT2D eigenvalue weighted by molar-refractivity contribution is 0.268. The number of oxime groups is 1. The Morgan fingerprint density at radius 1 is 1.67 bits per heavy atom. The van der Waals surface area contributed by atoms with Gasteiger partial charge in [-0.15, -0.1) is 0 Å². The van der Waals surface area contributed by atoms with Crippen molar-refractivity contribution in [2.24, 2.45) is 10.9 Å². The Morgan fingerprint density at radius 2 is 2.44 bits per heavy atom. The molecule has 6 nitrogen and oxygen atoms in total. The molecule has 1 unspecified atom stereocenters. The summed E-state index contributed by atoms with van der Waals surface area (Å²) >= 11 is 0. The number of rotatable bonds is 4. The molecule has 1 aliphatic heterocycles. The van der Waals surface area contributed by atoms with Crippen molar-refractivity contribution in [1.82, 2.24) is 14.7 Å². The van der Waals surface area contributed by atoms with Gasteiger partial charge in [0.1, 0.15) is 0 Å². The standard InChI is InChI=1S/C12H21N5O/c1-3-17-10(7-9(2)14-17)8-16-6-4-5-11(16)12(13)15-18/h7,11,18H,3-6,8H2,1-2H3,(H2,13,15). The first-order valence-electron chi connectivity index (χ1n) is 6.40. The van der Waals surface area contributed by atoms with Crippen molar-refractivity contribution in [2.45, 2.75) is 45.8 Å². The van der Waals surface area contributed by atoms with Gasteiger partial charge in [0.05, 0.1) is 17.4 Å². The molecule has 2 rings (SSSR count). The minimum absolute atomic E-state index is 0.0514.